The highest BCUT2D eigenvalue weighted by Gasteiger charge is 2.53. The molecule has 3 aliphatic rings. The molecule has 0 aliphatic heterocycles. The fourth-order valence-corrected chi connectivity index (χ4v) is 9.56. The predicted molar refractivity (Wildman–Crippen MR) is 132 cm³/mol. The summed E-state index contributed by atoms with van der Waals surface area (Å²) in [7, 11) is -3.05. The van der Waals surface area contributed by atoms with Crippen LogP contribution in [0.25, 0.3) is 0 Å². The standard InChI is InChI=1S/C25H48O3Si2/c1-19(18-26-20-14-16-24(2,17-20)28-30(7,8)9)21-12-13-22-23(27-29(4,5)6)11-10-15-25(21,22)3/h14,16,19-23H,10-13,15,17-18H2,1-9H3/t19-,20-,21+,22?,23?,24+,25+/m0/s1. The van der Waals surface area contributed by atoms with Crippen molar-refractivity contribution in [2.75, 3.05) is 6.61 Å². The summed E-state index contributed by atoms with van der Waals surface area (Å²) in [5.74, 6) is 2.10. The van der Waals surface area contributed by atoms with Gasteiger partial charge >= 0.3 is 0 Å². The maximum atomic E-state index is 6.68. The molecule has 0 heterocycles. The van der Waals surface area contributed by atoms with Crippen LogP contribution in [-0.4, -0.2) is 41.1 Å². The van der Waals surface area contributed by atoms with Crippen LogP contribution >= 0.6 is 0 Å². The van der Waals surface area contributed by atoms with E-state index in [0.717, 1.165) is 24.9 Å². The normalized spacial score (nSPS) is 40.6. The highest BCUT2D eigenvalue weighted by molar-refractivity contribution is 6.70. The van der Waals surface area contributed by atoms with Gasteiger partial charge in [-0.3, -0.25) is 0 Å². The Bertz CT molecular complexity index is 623. The third kappa shape index (κ3) is 5.89. The van der Waals surface area contributed by atoms with Gasteiger partial charge in [-0.2, -0.15) is 0 Å². The van der Waals surface area contributed by atoms with Gasteiger partial charge in [-0.15, -0.1) is 0 Å². The molecule has 3 rings (SSSR count). The van der Waals surface area contributed by atoms with E-state index in [1.165, 1.54) is 32.1 Å². The second-order valence-corrected chi connectivity index (χ2v) is 21.8. The first-order chi connectivity index (χ1) is 13.7. The van der Waals surface area contributed by atoms with Crippen LogP contribution in [0.1, 0.15) is 59.3 Å². The Morgan fingerprint density at radius 2 is 1.70 bits per heavy atom. The Morgan fingerprint density at radius 3 is 2.33 bits per heavy atom. The van der Waals surface area contributed by atoms with E-state index < -0.39 is 16.6 Å². The van der Waals surface area contributed by atoms with Crippen molar-refractivity contribution >= 4 is 16.6 Å². The quantitative estimate of drug-likeness (QED) is 0.293. The number of ether oxygens (including phenoxy) is 1. The van der Waals surface area contributed by atoms with Crippen molar-refractivity contribution in [2.24, 2.45) is 23.2 Å². The largest absolute Gasteiger partial charge is 0.414 e. The van der Waals surface area contributed by atoms with Gasteiger partial charge in [-0.05, 0) is 95.1 Å². The van der Waals surface area contributed by atoms with Crippen LogP contribution in [0.2, 0.25) is 39.3 Å². The van der Waals surface area contributed by atoms with Crippen molar-refractivity contribution in [3.63, 3.8) is 0 Å². The van der Waals surface area contributed by atoms with Crippen molar-refractivity contribution in [1.29, 1.82) is 0 Å². The zero-order chi connectivity index (χ0) is 22.4. The molecule has 7 atom stereocenters. The molecule has 0 radical (unpaired) electrons. The Balaban J connectivity index is 1.55. The summed E-state index contributed by atoms with van der Waals surface area (Å²) in [5.41, 5.74) is 0.278. The SMILES string of the molecule is C[C@@H](CO[C@H]1C=C[C@@](C)(O[Si](C)(C)C)C1)[C@H]1CCC2C(O[Si](C)(C)C)CCC[C@@]21C. The van der Waals surface area contributed by atoms with Crippen molar-refractivity contribution in [1.82, 2.24) is 0 Å². The number of fused-ring (bicyclic) bond motifs is 1. The van der Waals surface area contributed by atoms with E-state index in [4.69, 9.17) is 13.6 Å². The molecule has 174 valence electrons. The fraction of sp³-hybridized carbons (Fsp3) is 0.920. The van der Waals surface area contributed by atoms with E-state index in [0.29, 0.717) is 17.4 Å². The molecule has 5 heteroatoms. The Kier molecular flexibility index (Phi) is 7.22. The van der Waals surface area contributed by atoms with E-state index in [1.54, 1.807) is 0 Å². The Labute approximate surface area is 188 Å². The van der Waals surface area contributed by atoms with Gasteiger partial charge < -0.3 is 13.6 Å². The summed E-state index contributed by atoms with van der Waals surface area (Å²) in [6.45, 7) is 21.9. The lowest BCUT2D eigenvalue weighted by atomic mass is 9.62. The minimum atomic E-state index is -1.56. The van der Waals surface area contributed by atoms with Gasteiger partial charge in [0.05, 0.1) is 18.3 Å². The van der Waals surface area contributed by atoms with Crippen LogP contribution in [0.4, 0.5) is 0 Å². The molecule has 30 heavy (non-hydrogen) atoms. The predicted octanol–water partition coefficient (Wildman–Crippen LogP) is 7.01. The lowest BCUT2D eigenvalue weighted by Gasteiger charge is -2.48. The average molecular weight is 453 g/mol. The monoisotopic (exact) mass is 452 g/mol. The molecule has 3 aliphatic carbocycles. The molecular formula is C25H48O3Si2. The molecule has 2 saturated carbocycles. The van der Waals surface area contributed by atoms with Crippen LogP contribution in [0.5, 0.6) is 0 Å². The molecule has 0 aromatic rings. The third-order valence-electron chi connectivity index (χ3n) is 7.71. The van der Waals surface area contributed by atoms with E-state index in [2.05, 4.69) is 72.2 Å². The summed E-state index contributed by atoms with van der Waals surface area (Å²) in [6, 6.07) is 0. The average Bonchev–Trinajstić information content (AvgIpc) is 3.10. The molecule has 0 N–H and O–H groups in total. The Morgan fingerprint density at radius 1 is 1.00 bits per heavy atom. The molecular weight excluding hydrogens is 404 g/mol. The van der Waals surface area contributed by atoms with Gasteiger partial charge in [0.15, 0.2) is 16.6 Å². The number of hydrogen-bond acceptors (Lipinski definition) is 3. The zero-order valence-electron chi connectivity index (χ0n) is 21.2. The minimum absolute atomic E-state index is 0.145. The van der Waals surface area contributed by atoms with E-state index >= 15 is 0 Å². The van der Waals surface area contributed by atoms with E-state index in [-0.39, 0.29) is 11.7 Å². The summed E-state index contributed by atoms with van der Waals surface area (Å²) in [4.78, 5) is 0. The first kappa shape index (κ1) is 24.7. The highest BCUT2D eigenvalue weighted by atomic mass is 28.4. The first-order valence-electron chi connectivity index (χ1n) is 12.4. The topological polar surface area (TPSA) is 27.7 Å². The van der Waals surface area contributed by atoms with E-state index in [9.17, 15) is 0 Å². The molecule has 2 unspecified atom stereocenters. The van der Waals surface area contributed by atoms with Crippen LogP contribution in [0, 0.1) is 23.2 Å². The molecule has 0 bridgehead atoms. The van der Waals surface area contributed by atoms with Crippen LogP contribution in [0.15, 0.2) is 12.2 Å². The molecule has 3 nitrogen and oxygen atoms in total. The van der Waals surface area contributed by atoms with Crippen LogP contribution in [0.3, 0.4) is 0 Å². The summed E-state index contributed by atoms with van der Waals surface area (Å²) < 4.78 is 19.5. The number of hydrogen-bond donors (Lipinski definition) is 0. The summed E-state index contributed by atoms with van der Waals surface area (Å²) >= 11 is 0. The molecule has 2 fully saturated rings. The van der Waals surface area contributed by atoms with Gasteiger partial charge in [0.2, 0.25) is 0 Å². The highest BCUT2D eigenvalue weighted by Crippen LogP contribution is 2.58. The second kappa shape index (κ2) is 8.77. The number of rotatable bonds is 8. The van der Waals surface area contributed by atoms with Crippen molar-refractivity contribution in [3.05, 3.63) is 12.2 Å². The van der Waals surface area contributed by atoms with Crippen LogP contribution in [-0.2, 0) is 13.6 Å². The van der Waals surface area contributed by atoms with Crippen molar-refractivity contribution in [2.45, 2.75) is 116 Å². The summed E-state index contributed by atoms with van der Waals surface area (Å²) in [5, 5.41) is 0. The van der Waals surface area contributed by atoms with Gasteiger partial charge in [0.25, 0.3) is 0 Å². The molecule has 0 aromatic carbocycles. The minimum Gasteiger partial charge on any atom is -0.414 e. The zero-order valence-corrected chi connectivity index (χ0v) is 23.2. The van der Waals surface area contributed by atoms with Crippen molar-refractivity contribution < 1.29 is 13.6 Å². The molecule has 0 spiro atoms. The third-order valence-corrected chi connectivity index (χ3v) is 9.80. The van der Waals surface area contributed by atoms with Crippen molar-refractivity contribution in [3.8, 4) is 0 Å². The lowest BCUT2D eigenvalue weighted by molar-refractivity contribution is -0.0392. The maximum absolute atomic E-state index is 6.68. The first-order valence-corrected chi connectivity index (χ1v) is 19.2. The Hall–Kier alpha value is 0.0538. The smallest absolute Gasteiger partial charge is 0.184 e. The van der Waals surface area contributed by atoms with Gasteiger partial charge in [0, 0.05) is 12.5 Å². The molecule has 0 saturated heterocycles. The van der Waals surface area contributed by atoms with Gasteiger partial charge in [-0.25, -0.2) is 0 Å². The second-order valence-electron chi connectivity index (χ2n) is 12.9. The van der Waals surface area contributed by atoms with Gasteiger partial charge in [-0.1, -0.05) is 32.4 Å². The van der Waals surface area contributed by atoms with E-state index in [1.807, 2.05) is 0 Å². The summed E-state index contributed by atoms with van der Waals surface area (Å²) in [6.07, 6.45) is 12.8. The molecule has 0 amide bonds. The lowest BCUT2D eigenvalue weighted by Crippen LogP contribution is -2.46. The maximum Gasteiger partial charge on any atom is 0.184 e. The fourth-order valence-electron chi connectivity index (χ4n) is 6.82. The molecule has 0 aromatic heterocycles. The van der Waals surface area contributed by atoms with Crippen LogP contribution < -0.4 is 0 Å². The van der Waals surface area contributed by atoms with Gasteiger partial charge in [0.1, 0.15) is 0 Å².